The lowest BCUT2D eigenvalue weighted by atomic mass is 10.00. The summed E-state index contributed by atoms with van der Waals surface area (Å²) in [6.07, 6.45) is 2.63. The second-order valence-corrected chi connectivity index (χ2v) is 5.10. The van der Waals surface area contributed by atoms with Crippen LogP contribution in [0, 0.1) is 5.92 Å². The molecule has 20 heavy (non-hydrogen) atoms. The van der Waals surface area contributed by atoms with E-state index in [2.05, 4.69) is 5.32 Å². The van der Waals surface area contributed by atoms with Gasteiger partial charge in [0.15, 0.2) is 0 Å². The summed E-state index contributed by atoms with van der Waals surface area (Å²) in [4.78, 5) is 11.9. The topological polar surface area (TPSA) is 64.4 Å². The molecular weight excluding hydrogens is 276 g/mol. The molecule has 1 saturated heterocycles. The third-order valence-electron chi connectivity index (χ3n) is 3.54. The van der Waals surface area contributed by atoms with Gasteiger partial charge < -0.3 is 15.8 Å². The summed E-state index contributed by atoms with van der Waals surface area (Å²) in [6, 6.07) is 9.39. The third-order valence-corrected chi connectivity index (χ3v) is 3.54. The molecule has 0 saturated carbocycles. The van der Waals surface area contributed by atoms with E-state index >= 15 is 0 Å². The first-order valence-corrected chi connectivity index (χ1v) is 6.90. The molecule has 0 aromatic heterocycles. The molecule has 5 heteroatoms. The molecule has 1 aromatic rings. The minimum atomic E-state index is -0.470. The fourth-order valence-corrected chi connectivity index (χ4v) is 2.29. The molecule has 1 aliphatic rings. The minimum absolute atomic E-state index is 0. The summed E-state index contributed by atoms with van der Waals surface area (Å²) in [5.74, 6) is 0.469. The Morgan fingerprint density at radius 2 is 1.95 bits per heavy atom. The van der Waals surface area contributed by atoms with Crippen LogP contribution in [-0.2, 0) is 16.0 Å². The van der Waals surface area contributed by atoms with Gasteiger partial charge in [-0.15, -0.1) is 12.4 Å². The van der Waals surface area contributed by atoms with Crippen LogP contribution in [0.1, 0.15) is 18.4 Å². The van der Waals surface area contributed by atoms with E-state index in [-0.39, 0.29) is 18.3 Å². The molecule has 1 aliphatic heterocycles. The zero-order valence-electron chi connectivity index (χ0n) is 11.6. The van der Waals surface area contributed by atoms with Crippen molar-refractivity contribution in [1.82, 2.24) is 5.32 Å². The van der Waals surface area contributed by atoms with Crippen molar-refractivity contribution < 1.29 is 9.53 Å². The number of amides is 1. The van der Waals surface area contributed by atoms with Crippen molar-refractivity contribution in [3.05, 3.63) is 35.9 Å². The van der Waals surface area contributed by atoms with Crippen molar-refractivity contribution >= 4 is 18.3 Å². The number of hydrogen-bond donors (Lipinski definition) is 2. The SMILES string of the molecule is Cl.NC(Cc1ccccc1)C(=O)NCC1CCOCC1. The molecule has 0 bridgehead atoms. The van der Waals surface area contributed by atoms with E-state index < -0.39 is 6.04 Å². The van der Waals surface area contributed by atoms with Gasteiger partial charge in [0.05, 0.1) is 6.04 Å². The van der Waals surface area contributed by atoms with Crippen molar-refractivity contribution in [3.63, 3.8) is 0 Å². The smallest absolute Gasteiger partial charge is 0.237 e. The van der Waals surface area contributed by atoms with Crippen LogP contribution >= 0.6 is 12.4 Å². The second kappa shape index (κ2) is 8.95. The lowest BCUT2D eigenvalue weighted by Crippen LogP contribution is -2.44. The summed E-state index contributed by atoms with van der Waals surface area (Å²) in [7, 11) is 0. The minimum Gasteiger partial charge on any atom is -0.381 e. The molecular formula is C15H23ClN2O2. The van der Waals surface area contributed by atoms with Gasteiger partial charge in [-0.3, -0.25) is 4.79 Å². The van der Waals surface area contributed by atoms with E-state index in [4.69, 9.17) is 10.5 Å². The zero-order valence-corrected chi connectivity index (χ0v) is 12.4. The predicted octanol–water partition coefficient (Wildman–Crippen LogP) is 1.52. The average Bonchev–Trinajstić information content (AvgIpc) is 2.47. The summed E-state index contributed by atoms with van der Waals surface area (Å²) in [5, 5.41) is 2.95. The van der Waals surface area contributed by atoms with Gasteiger partial charge in [0.2, 0.25) is 5.91 Å². The summed E-state index contributed by atoms with van der Waals surface area (Å²) < 4.78 is 5.30. The number of ether oxygens (including phenoxy) is 1. The first kappa shape index (κ1) is 17.0. The standard InChI is InChI=1S/C15H22N2O2.ClH/c16-14(10-12-4-2-1-3-5-12)15(18)17-11-13-6-8-19-9-7-13;/h1-5,13-14H,6-11,16H2,(H,17,18);1H. The number of halogens is 1. The van der Waals surface area contributed by atoms with Crippen LogP contribution < -0.4 is 11.1 Å². The average molecular weight is 299 g/mol. The van der Waals surface area contributed by atoms with Crippen molar-refractivity contribution in [3.8, 4) is 0 Å². The first-order valence-electron chi connectivity index (χ1n) is 6.90. The highest BCUT2D eigenvalue weighted by Crippen LogP contribution is 2.13. The van der Waals surface area contributed by atoms with E-state index in [1.807, 2.05) is 30.3 Å². The van der Waals surface area contributed by atoms with E-state index in [1.165, 1.54) is 0 Å². The Bertz CT molecular complexity index is 394. The predicted molar refractivity (Wildman–Crippen MR) is 81.9 cm³/mol. The molecule has 1 amide bonds. The van der Waals surface area contributed by atoms with Crippen LogP contribution in [0.4, 0.5) is 0 Å². The van der Waals surface area contributed by atoms with Gasteiger partial charge in [0.1, 0.15) is 0 Å². The highest BCUT2D eigenvalue weighted by atomic mass is 35.5. The lowest BCUT2D eigenvalue weighted by molar-refractivity contribution is -0.122. The van der Waals surface area contributed by atoms with E-state index in [9.17, 15) is 4.79 Å². The van der Waals surface area contributed by atoms with Gasteiger partial charge >= 0.3 is 0 Å². The maximum atomic E-state index is 11.9. The van der Waals surface area contributed by atoms with Crippen molar-refractivity contribution in [2.45, 2.75) is 25.3 Å². The molecule has 4 nitrogen and oxygen atoms in total. The van der Waals surface area contributed by atoms with Gasteiger partial charge in [-0.1, -0.05) is 30.3 Å². The third kappa shape index (κ3) is 5.49. The molecule has 1 aromatic carbocycles. The second-order valence-electron chi connectivity index (χ2n) is 5.10. The maximum absolute atomic E-state index is 11.9. The largest absolute Gasteiger partial charge is 0.381 e. The number of hydrogen-bond acceptors (Lipinski definition) is 3. The van der Waals surface area contributed by atoms with Gasteiger partial charge in [0, 0.05) is 19.8 Å². The van der Waals surface area contributed by atoms with E-state index in [0.29, 0.717) is 18.9 Å². The first-order chi connectivity index (χ1) is 9.25. The van der Waals surface area contributed by atoms with Crippen LogP contribution in [0.25, 0.3) is 0 Å². The zero-order chi connectivity index (χ0) is 13.5. The molecule has 1 fully saturated rings. The number of carbonyl (C=O) groups excluding carboxylic acids is 1. The molecule has 0 aliphatic carbocycles. The van der Waals surface area contributed by atoms with Crippen LogP contribution in [0.2, 0.25) is 0 Å². The molecule has 1 atom stereocenters. The van der Waals surface area contributed by atoms with Gasteiger partial charge in [-0.2, -0.15) is 0 Å². The molecule has 3 N–H and O–H groups in total. The summed E-state index contributed by atoms with van der Waals surface area (Å²) >= 11 is 0. The van der Waals surface area contributed by atoms with Gasteiger partial charge in [-0.05, 0) is 30.7 Å². The van der Waals surface area contributed by atoms with Crippen LogP contribution in [0.3, 0.4) is 0 Å². The molecule has 112 valence electrons. The fraction of sp³-hybridized carbons (Fsp3) is 0.533. The van der Waals surface area contributed by atoms with E-state index in [0.717, 1.165) is 31.6 Å². The van der Waals surface area contributed by atoms with Gasteiger partial charge in [0.25, 0.3) is 0 Å². The number of benzene rings is 1. The molecule has 1 heterocycles. The maximum Gasteiger partial charge on any atom is 0.237 e. The van der Waals surface area contributed by atoms with E-state index in [1.54, 1.807) is 0 Å². The number of carbonyl (C=O) groups is 1. The fourth-order valence-electron chi connectivity index (χ4n) is 2.29. The monoisotopic (exact) mass is 298 g/mol. The van der Waals surface area contributed by atoms with Crippen molar-refractivity contribution in [2.24, 2.45) is 11.7 Å². The quantitative estimate of drug-likeness (QED) is 0.866. The Kier molecular flexibility index (Phi) is 7.59. The molecule has 0 radical (unpaired) electrons. The Hall–Kier alpha value is -1.10. The molecule has 2 rings (SSSR count). The van der Waals surface area contributed by atoms with Crippen molar-refractivity contribution in [2.75, 3.05) is 19.8 Å². The Morgan fingerprint density at radius 1 is 1.30 bits per heavy atom. The molecule has 1 unspecified atom stereocenters. The van der Waals surface area contributed by atoms with Crippen LogP contribution in [0.15, 0.2) is 30.3 Å². The number of nitrogens with one attached hydrogen (secondary N) is 1. The summed E-state index contributed by atoms with van der Waals surface area (Å²) in [5.41, 5.74) is 7.02. The molecule has 0 spiro atoms. The van der Waals surface area contributed by atoms with Crippen molar-refractivity contribution in [1.29, 1.82) is 0 Å². The number of rotatable bonds is 5. The van der Waals surface area contributed by atoms with Gasteiger partial charge in [-0.25, -0.2) is 0 Å². The lowest BCUT2D eigenvalue weighted by Gasteiger charge is -2.23. The Morgan fingerprint density at radius 3 is 2.60 bits per heavy atom. The van der Waals surface area contributed by atoms with Crippen LogP contribution in [0.5, 0.6) is 0 Å². The highest BCUT2D eigenvalue weighted by molar-refractivity contribution is 5.85. The Labute approximate surface area is 126 Å². The normalized spacial score (nSPS) is 17.1. The summed E-state index contributed by atoms with van der Waals surface area (Å²) in [6.45, 7) is 2.32. The Balaban J connectivity index is 0.00000200. The number of nitrogens with two attached hydrogens (primary N) is 1. The van der Waals surface area contributed by atoms with Crippen LogP contribution in [-0.4, -0.2) is 31.7 Å². The highest BCUT2D eigenvalue weighted by Gasteiger charge is 2.17.